The van der Waals surface area contributed by atoms with Gasteiger partial charge in [-0.3, -0.25) is 14.6 Å². The lowest BCUT2D eigenvalue weighted by molar-refractivity contribution is -0.137. The first-order valence-corrected chi connectivity index (χ1v) is 13.1. The van der Waals surface area contributed by atoms with Gasteiger partial charge in [-0.15, -0.1) is 0 Å². The van der Waals surface area contributed by atoms with Crippen LogP contribution in [-0.4, -0.2) is 16.8 Å². The van der Waals surface area contributed by atoms with Crippen LogP contribution in [0.1, 0.15) is 37.4 Å². The molecule has 0 saturated carbocycles. The number of aryl methyl sites for hydroxylation is 1. The number of halogens is 3. The molecule has 5 aromatic rings. The van der Waals surface area contributed by atoms with Crippen molar-refractivity contribution in [1.82, 2.24) is 10.3 Å². The molecule has 0 fully saturated rings. The van der Waals surface area contributed by atoms with Gasteiger partial charge in [0.15, 0.2) is 0 Å². The van der Waals surface area contributed by atoms with E-state index in [0.29, 0.717) is 23.4 Å². The Morgan fingerprint density at radius 3 is 2.02 bits per heavy atom. The Morgan fingerprint density at radius 1 is 0.738 bits per heavy atom. The zero-order valence-electron chi connectivity index (χ0n) is 22.6. The van der Waals surface area contributed by atoms with Gasteiger partial charge in [0.2, 0.25) is 0 Å². The summed E-state index contributed by atoms with van der Waals surface area (Å²) in [6.07, 6.45) is -1.63. The summed E-state index contributed by atoms with van der Waals surface area (Å²) in [5.74, 6) is -0.843. The summed E-state index contributed by atoms with van der Waals surface area (Å²) in [4.78, 5) is 30.1. The molecule has 0 atom stereocenters. The number of amides is 2. The van der Waals surface area contributed by atoms with E-state index in [1.165, 1.54) is 36.2 Å². The number of hydrogen-bond donors (Lipinski definition) is 2. The van der Waals surface area contributed by atoms with E-state index in [-0.39, 0.29) is 17.0 Å². The van der Waals surface area contributed by atoms with Gasteiger partial charge in [0.1, 0.15) is 0 Å². The molecule has 0 aliphatic rings. The SMILES string of the molecule is Cc1ccc(-c2ccc(CNC(=O)c3cncc(NC(=O)c4ccccc4-c4ccc(C(F)(F)F)cc4)c3)cc2)cc1. The predicted octanol–water partition coefficient (Wildman–Crippen LogP) is 7.93. The van der Waals surface area contributed by atoms with Crippen molar-refractivity contribution >= 4 is 17.5 Å². The Hall–Kier alpha value is -5.24. The van der Waals surface area contributed by atoms with Crippen molar-refractivity contribution in [3.05, 3.63) is 143 Å². The Morgan fingerprint density at radius 2 is 1.36 bits per heavy atom. The summed E-state index contributed by atoms with van der Waals surface area (Å²) >= 11 is 0. The number of carbonyl (C=O) groups is 2. The predicted molar refractivity (Wildman–Crippen MR) is 157 cm³/mol. The van der Waals surface area contributed by atoms with E-state index < -0.39 is 17.6 Å². The maximum Gasteiger partial charge on any atom is 0.416 e. The summed E-state index contributed by atoms with van der Waals surface area (Å²) < 4.78 is 38.9. The normalized spacial score (nSPS) is 11.1. The first-order valence-electron chi connectivity index (χ1n) is 13.1. The molecule has 0 aliphatic heterocycles. The van der Waals surface area contributed by atoms with Crippen LogP contribution in [0.3, 0.4) is 0 Å². The van der Waals surface area contributed by atoms with Gasteiger partial charge < -0.3 is 10.6 Å². The standard InChI is InChI=1S/C34H26F3N3O2/c1-22-6-10-24(11-7-22)25-12-8-23(9-13-25)19-39-32(41)27-18-29(21-38-20-27)40-33(42)31-5-3-2-4-30(31)26-14-16-28(17-15-26)34(35,36)37/h2-18,20-21H,19H2,1H3,(H,39,41)(H,40,42). The second kappa shape index (κ2) is 12.1. The molecule has 42 heavy (non-hydrogen) atoms. The number of carbonyl (C=O) groups excluding carboxylic acids is 2. The molecule has 2 amide bonds. The lowest BCUT2D eigenvalue weighted by Gasteiger charge is -2.12. The topological polar surface area (TPSA) is 71.1 Å². The quantitative estimate of drug-likeness (QED) is 0.211. The number of anilines is 1. The Bertz CT molecular complexity index is 1710. The second-order valence-corrected chi connectivity index (χ2v) is 9.78. The van der Waals surface area contributed by atoms with Crippen molar-refractivity contribution < 1.29 is 22.8 Å². The molecule has 1 aromatic heterocycles. The van der Waals surface area contributed by atoms with E-state index in [1.54, 1.807) is 24.3 Å². The van der Waals surface area contributed by atoms with Gasteiger partial charge in [-0.25, -0.2) is 0 Å². The summed E-state index contributed by atoms with van der Waals surface area (Å²) in [6.45, 7) is 2.35. The van der Waals surface area contributed by atoms with Gasteiger partial charge in [0.05, 0.1) is 23.0 Å². The van der Waals surface area contributed by atoms with Gasteiger partial charge in [0, 0.05) is 18.3 Å². The fourth-order valence-corrected chi connectivity index (χ4v) is 4.45. The third-order valence-corrected chi connectivity index (χ3v) is 6.75. The van der Waals surface area contributed by atoms with Crippen molar-refractivity contribution in [2.75, 3.05) is 5.32 Å². The smallest absolute Gasteiger partial charge is 0.348 e. The van der Waals surface area contributed by atoms with Crippen molar-refractivity contribution in [3.63, 3.8) is 0 Å². The summed E-state index contributed by atoms with van der Waals surface area (Å²) in [6, 6.07) is 28.9. The molecular formula is C34H26F3N3O2. The Kier molecular flexibility index (Phi) is 8.15. The molecule has 5 rings (SSSR count). The fraction of sp³-hybridized carbons (Fsp3) is 0.0882. The maximum atomic E-state index is 13.2. The highest BCUT2D eigenvalue weighted by Gasteiger charge is 2.30. The van der Waals surface area contributed by atoms with E-state index in [9.17, 15) is 22.8 Å². The van der Waals surface area contributed by atoms with Crippen LogP contribution in [0.5, 0.6) is 0 Å². The number of pyridine rings is 1. The summed E-state index contributed by atoms with van der Waals surface area (Å²) in [7, 11) is 0. The van der Waals surface area contributed by atoms with Crippen molar-refractivity contribution in [1.29, 1.82) is 0 Å². The average molecular weight is 566 g/mol. The Balaban J connectivity index is 1.24. The second-order valence-electron chi connectivity index (χ2n) is 9.78. The zero-order chi connectivity index (χ0) is 29.7. The van der Waals surface area contributed by atoms with Crippen LogP contribution in [0, 0.1) is 6.92 Å². The Labute approximate surface area is 241 Å². The fourth-order valence-electron chi connectivity index (χ4n) is 4.45. The molecule has 8 heteroatoms. The lowest BCUT2D eigenvalue weighted by Crippen LogP contribution is -2.23. The summed E-state index contributed by atoms with van der Waals surface area (Å²) in [5.41, 5.74) is 5.31. The first-order chi connectivity index (χ1) is 20.2. The molecule has 2 N–H and O–H groups in total. The highest BCUT2D eigenvalue weighted by atomic mass is 19.4. The van der Waals surface area contributed by atoms with Gasteiger partial charge in [-0.2, -0.15) is 13.2 Å². The van der Waals surface area contributed by atoms with Gasteiger partial charge in [-0.1, -0.05) is 84.4 Å². The van der Waals surface area contributed by atoms with Crippen LogP contribution < -0.4 is 10.6 Å². The van der Waals surface area contributed by atoms with Crippen LogP contribution in [0.4, 0.5) is 18.9 Å². The molecule has 0 radical (unpaired) electrons. The molecule has 1 heterocycles. The number of alkyl halides is 3. The molecule has 5 nitrogen and oxygen atoms in total. The number of nitrogens with one attached hydrogen (secondary N) is 2. The molecule has 210 valence electrons. The van der Waals surface area contributed by atoms with Crippen molar-refractivity contribution in [2.24, 2.45) is 0 Å². The number of aromatic nitrogens is 1. The molecule has 0 spiro atoms. The third kappa shape index (κ3) is 6.72. The van der Waals surface area contributed by atoms with Gasteiger partial charge >= 0.3 is 6.18 Å². The number of nitrogens with zero attached hydrogens (tertiary/aromatic N) is 1. The molecule has 0 saturated heterocycles. The highest BCUT2D eigenvalue weighted by Crippen LogP contribution is 2.32. The zero-order valence-corrected chi connectivity index (χ0v) is 22.6. The largest absolute Gasteiger partial charge is 0.416 e. The van der Waals surface area contributed by atoms with Gasteiger partial charge in [-0.05, 0) is 59.0 Å². The first kappa shape index (κ1) is 28.3. The van der Waals surface area contributed by atoms with E-state index in [1.807, 2.05) is 31.2 Å². The number of hydrogen-bond acceptors (Lipinski definition) is 3. The minimum Gasteiger partial charge on any atom is -0.348 e. The van der Waals surface area contributed by atoms with Crippen molar-refractivity contribution in [2.45, 2.75) is 19.6 Å². The van der Waals surface area contributed by atoms with E-state index in [2.05, 4.69) is 39.9 Å². The molecule has 0 bridgehead atoms. The minimum atomic E-state index is -4.45. The number of benzene rings is 4. The van der Waals surface area contributed by atoms with E-state index in [4.69, 9.17) is 0 Å². The minimum absolute atomic E-state index is 0.264. The van der Waals surface area contributed by atoms with Crippen LogP contribution in [-0.2, 0) is 12.7 Å². The maximum absolute atomic E-state index is 13.2. The van der Waals surface area contributed by atoms with E-state index in [0.717, 1.165) is 28.8 Å². The van der Waals surface area contributed by atoms with Crippen LogP contribution in [0.25, 0.3) is 22.3 Å². The monoisotopic (exact) mass is 565 g/mol. The van der Waals surface area contributed by atoms with Gasteiger partial charge in [0.25, 0.3) is 11.8 Å². The van der Waals surface area contributed by atoms with E-state index >= 15 is 0 Å². The average Bonchev–Trinajstić information content (AvgIpc) is 3.00. The highest BCUT2D eigenvalue weighted by molar-refractivity contribution is 6.09. The van der Waals surface area contributed by atoms with Crippen LogP contribution in [0.15, 0.2) is 116 Å². The van der Waals surface area contributed by atoms with Crippen LogP contribution in [0.2, 0.25) is 0 Å². The third-order valence-electron chi connectivity index (χ3n) is 6.75. The lowest BCUT2D eigenvalue weighted by atomic mass is 9.98. The summed E-state index contributed by atoms with van der Waals surface area (Å²) in [5, 5.41) is 5.61. The number of rotatable bonds is 7. The van der Waals surface area contributed by atoms with Crippen molar-refractivity contribution in [3.8, 4) is 22.3 Å². The molecule has 0 aliphatic carbocycles. The molecule has 0 unspecified atom stereocenters. The molecular weight excluding hydrogens is 539 g/mol. The van der Waals surface area contributed by atoms with Crippen LogP contribution >= 0.6 is 0 Å². The molecule has 4 aromatic carbocycles.